The molecule has 0 heterocycles. The Hall–Kier alpha value is -4.28. The number of unbranched alkanes of at least 4 members (excludes halogenated alkanes) is 33. The van der Waals surface area contributed by atoms with E-state index in [-0.39, 0.29) is 25.7 Å². The van der Waals surface area contributed by atoms with Gasteiger partial charge in [-0.15, -0.1) is 0 Å². The van der Waals surface area contributed by atoms with Crippen molar-refractivity contribution in [2.45, 2.75) is 367 Å². The SMILES string of the molecule is CC/C=C\C/C=C\C/C=C\C/C=C\C/C=C\CCCC(=O)OC(COC(=O)CCCCCCCC/C=C\C/C=C\C/C=C\CCCCC)COP(=O)(O)OCC(O)COP(=O)(O)OCC(COC(=O)CCCCCCCCCCCCCCCCC)OC(=O)CCCCCCC/C=C\CCCCCC. The first-order valence-electron chi connectivity index (χ1n) is 41.1. The van der Waals surface area contributed by atoms with Gasteiger partial charge in [-0.2, -0.15) is 0 Å². The number of carbonyl (C=O) groups is 4. The summed E-state index contributed by atoms with van der Waals surface area (Å²) in [4.78, 5) is 73.1. The van der Waals surface area contributed by atoms with Crippen LogP contribution in [0.4, 0.5) is 0 Å². The van der Waals surface area contributed by atoms with Crippen LogP contribution in [-0.4, -0.2) is 96.7 Å². The standard InChI is InChI=1S/C85H148O17P2/c1-5-9-13-17-21-25-29-33-36-38-39-41-43-47-50-54-58-62-66-70-83(88)96-76-81(102-85(90)72-68-64-60-56-52-48-44-40-37-34-30-26-22-18-14-10-6-2)78-100-104(93,94)98-74-79(86)73-97-103(91,92)99-77-80(101-84(89)71-67-63-59-55-51-45-32-28-24-20-16-12-8-4)75-95-82(87)69-65-61-57-53-49-46-42-35-31-27-23-19-15-11-7-3/h10,14,21-22,25-26,28,32-34,36-37,39,41,44,48,56,60,79-81,86H,5-9,11-13,15-20,23-24,27,29-31,35,38,40,42-43,45-47,49-55,57-59,61-78H2,1-4H3,(H,91,92)(H,93,94)/b14-10-,25-21-,26-22-,32-28-,36-33-,37-34-,41-39-,48-44-,60-56-. The molecule has 17 nitrogen and oxygen atoms in total. The third-order valence-electron chi connectivity index (χ3n) is 17.2. The number of phosphoric acid groups is 2. The minimum absolute atomic E-state index is 0.0125. The Kier molecular flexibility index (Phi) is 73.7. The van der Waals surface area contributed by atoms with Crippen molar-refractivity contribution in [3.8, 4) is 0 Å². The second kappa shape index (κ2) is 76.9. The Morgan fingerprint density at radius 3 is 0.846 bits per heavy atom. The van der Waals surface area contributed by atoms with E-state index in [1.807, 2.05) is 12.2 Å². The van der Waals surface area contributed by atoms with Crippen LogP contribution in [0.15, 0.2) is 109 Å². The number of rotatable bonds is 77. The van der Waals surface area contributed by atoms with E-state index in [4.69, 9.17) is 37.0 Å². The largest absolute Gasteiger partial charge is 0.472 e. The van der Waals surface area contributed by atoms with Gasteiger partial charge in [-0.25, -0.2) is 9.13 Å². The molecular formula is C85H148O17P2. The van der Waals surface area contributed by atoms with E-state index in [9.17, 15) is 43.2 Å². The van der Waals surface area contributed by atoms with Crippen molar-refractivity contribution in [2.24, 2.45) is 0 Å². The molecule has 5 unspecified atom stereocenters. The first kappa shape index (κ1) is 99.7. The molecule has 0 aliphatic rings. The molecule has 0 spiro atoms. The second-order valence-corrected chi connectivity index (χ2v) is 30.2. The zero-order chi connectivity index (χ0) is 76.0. The van der Waals surface area contributed by atoms with Crippen molar-refractivity contribution in [2.75, 3.05) is 39.6 Å². The van der Waals surface area contributed by atoms with E-state index in [1.165, 1.54) is 116 Å². The molecule has 0 aliphatic heterocycles. The van der Waals surface area contributed by atoms with Crippen LogP contribution in [-0.2, 0) is 65.4 Å². The molecule has 0 aromatic carbocycles. The van der Waals surface area contributed by atoms with Crippen LogP contribution in [0.2, 0.25) is 0 Å². The highest BCUT2D eigenvalue weighted by Gasteiger charge is 2.30. The topological polar surface area (TPSA) is 237 Å². The summed E-state index contributed by atoms with van der Waals surface area (Å²) in [6.45, 7) is 4.68. The minimum atomic E-state index is -5.00. The van der Waals surface area contributed by atoms with Crippen LogP contribution in [0.25, 0.3) is 0 Å². The highest BCUT2D eigenvalue weighted by molar-refractivity contribution is 7.47. The maximum absolute atomic E-state index is 13.1. The summed E-state index contributed by atoms with van der Waals surface area (Å²) >= 11 is 0. The first-order chi connectivity index (χ1) is 50.7. The third kappa shape index (κ3) is 75.9. The molecule has 3 N–H and O–H groups in total. The lowest BCUT2D eigenvalue weighted by atomic mass is 10.0. The number of aliphatic hydroxyl groups is 1. The Morgan fingerprint density at radius 2 is 0.510 bits per heavy atom. The van der Waals surface area contributed by atoms with Crippen molar-refractivity contribution in [1.29, 1.82) is 0 Å². The van der Waals surface area contributed by atoms with Crippen molar-refractivity contribution in [3.05, 3.63) is 109 Å². The maximum atomic E-state index is 13.1. The predicted molar refractivity (Wildman–Crippen MR) is 427 cm³/mol. The van der Waals surface area contributed by atoms with Crippen molar-refractivity contribution in [3.63, 3.8) is 0 Å². The van der Waals surface area contributed by atoms with Gasteiger partial charge in [0.05, 0.1) is 26.4 Å². The maximum Gasteiger partial charge on any atom is 0.472 e. The summed E-state index contributed by atoms with van der Waals surface area (Å²) in [7, 11) is -9.98. The van der Waals surface area contributed by atoms with E-state index < -0.39 is 97.5 Å². The minimum Gasteiger partial charge on any atom is -0.462 e. The Labute approximate surface area is 632 Å². The average Bonchev–Trinajstić information content (AvgIpc) is 0.917. The van der Waals surface area contributed by atoms with Gasteiger partial charge in [-0.1, -0.05) is 304 Å². The normalized spacial score (nSPS) is 14.4. The van der Waals surface area contributed by atoms with Gasteiger partial charge in [0.15, 0.2) is 12.2 Å². The highest BCUT2D eigenvalue weighted by Crippen LogP contribution is 2.45. The molecule has 0 aromatic heterocycles. The average molecular weight is 1500 g/mol. The van der Waals surface area contributed by atoms with E-state index in [1.54, 1.807) is 0 Å². The zero-order valence-electron chi connectivity index (χ0n) is 65.7. The van der Waals surface area contributed by atoms with Gasteiger partial charge in [-0.3, -0.25) is 37.3 Å². The molecule has 600 valence electrons. The Balaban J connectivity index is 5.40. The number of allylic oxidation sites excluding steroid dienone is 18. The summed E-state index contributed by atoms with van der Waals surface area (Å²) in [5.74, 6) is -2.25. The molecule has 19 heteroatoms. The molecule has 0 aromatic rings. The van der Waals surface area contributed by atoms with Crippen LogP contribution in [0, 0.1) is 0 Å². The molecule has 0 radical (unpaired) electrons. The Morgan fingerprint density at radius 1 is 0.279 bits per heavy atom. The summed E-state index contributed by atoms with van der Waals surface area (Å²) in [5.41, 5.74) is 0. The van der Waals surface area contributed by atoms with Gasteiger partial charge in [0.1, 0.15) is 19.3 Å². The fourth-order valence-corrected chi connectivity index (χ4v) is 12.5. The fraction of sp³-hybridized carbons (Fsp3) is 0.741. The van der Waals surface area contributed by atoms with Gasteiger partial charge >= 0.3 is 39.5 Å². The number of aliphatic hydroxyl groups excluding tert-OH is 1. The highest BCUT2D eigenvalue weighted by atomic mass is 31.2. The molecule has 0 amide bonds. The molecule has 0 bridgehead atoms. The second-order valence-electron chi connectivity index (χ2n) is 27.3. The van der Waals surface area contributed by atoms with E-state index >= 15 is 0 Å². The van der Waals surface area contributed by atoms with Crippen molar-refractivity contribution < 1.29 is 80.2 Å². The number of carbonyl (C=O) groups excluding carboxylic acids is 4. The molecule has 0 aliphatic carbocycles. The lowest BCUT2D eigenvalue weighted by Gasteiger charge is -2.21. The fourth-order valence-electron chi connectivity index (χ4n) is 11.0. The molecular weight excluding hydrogens is 1350 g/mol. The summed E-state index contributed by atoms with van der Waals surface area (Å²) in [5, 5.41) is 10.6. The van der Waals surface area contributed by atoms with Crippen LogP contribution in [0.5, 0.6) is 0 Å². The smallest absolute Gasteiger partial charge is 0.462 e. The lowest BCUT2D eigenvalue weighted by Crippen LogP contribution is -2.30. The lowest BCUT2D eigenvalue weighted by molar-refractivity contribution is -0.161. The van der Waals surface area contributed by atoms with E-state index in [2.05, 4.69) is 125 Å². The van der Waals surface area contributed by atoms with E-state index in [0.717, 1.165) is 148 Å². The van der Waals surface area contributed by atoms with Crippen LogP contribution < -0.4 is 0 Å². The zero-order valence-corrected chi connectivity index (χ0v) is 67.5. The molecule has 0 saturated heterocycles. The summed E-state index contributed by atoms with van der Waals surface area (Å²) in [6, 6.07) is 0. The van der Waals surface area contributed by atoms with Gasteiger partial charge in [0.25, 0.3) is 0 Å². The number of esters is 4. The molecule has 0 saturated carbocycles. The van der Waals surface area contributed by atoms with Crippen LogP contribution >= 0.6 is 15.6 Å². The predicted octanol–water partition coefficient (Wildman–Crippen LogP) is 24.1. The van der Waals surface area contributed by atoms with Crippen molar-refractivity contribution in [1.82, 2.24) is 0 Å². The molecule has 104 heavy (non-hydrogen) atoms. The van der Waals surface area contributed by atoms with Gasteiger partial charge in [0, 0.05) is 25.7 Å². The van der Waals surface area contributed by atoms with Crippen molar-refractivity contribution >= 4 is 39.5 Å². The molecule has 0 fully saturated rings. The van der Waals surface area contributed by atoms with Gasteiger partial charge in [-0.05, 0) is 128 Å². The summed E-state index contributed by atoms with van der Waals surface area (Å²) < 4.78 is 68.6. The number of ether oxygens (including phenoxy) is 4. The number of hydrogen-bond acceptors (Lipinski definition) is 15. The molecule has 0 rings (SSSR count). The van der Waals surface area contributed by atoms with Crippen LogP contribution in [0.1, 0.15) is 349 Å². The van der Waals surface area contributed by atoms with E-state index in [0.29, 0.717) is 32.1 Å². The van der Waals surface area contributed by atoms with Gasteiger partial charge in [0.2, 0.25) is 0 Å². The Bertz CT molecular complexity index is 2390. The third-order valence-corrected chi connectivity index (χ3v) is 19.1. The monoisotopic (exact) mass is 1500 g/mol. The first-order valence-corrected chi connectivity index (χ1v) is 44.1. The molecule has 5 atom stereocenters. The van der Waals surface area contributed by atoms with Crippen LogP contribution in [0.3, 0.4) is 0 Å². The summed E-state index contributed by atoms with van der Waals surface area (Å²) in [6.07, 6.45) is 83.5. The number of hydrogen-bond donors (Lipinski definition) is 3. The van der Waals surface area contributed by atoms with Gasteiger partial charge < -0.3 is 33.8 Å². The quantitative estimate of drug-likeness (QED) is 0.0169. The number of phosphoric ester groups is 2.